The minimum Gasteiger partial charge on any atom is -0.486 e. The average Bonchev–Trinajstić information content (AvgIpc) is 2.17. The number of hydrogen-bond donors (Lipinski definition) is 1. The molecule has 0 amide bonds. The van der Waals surface area contributed by atoms with Crippen LogP contribution in [0.15, 0.2) is 22.7 Å². The van der Waals surface area contributed by atoms with E-state index in [0.29, 0.717) is 10.2 Å². The van der Waals surface area contributed by atoms with Crippen molar-refractivity contribution in [2.24, 2.45) is 0 Å². The molecule has 0 saturated carbocycles. The minimum atomic E-state index is -2.45. The molecule has 1 aromatic carbocycles. The zero-order chi connectivity index (χ0) is 11.3. The Morgan fingerprint density at radius 1 is 1.47 bits per heavy atom. The number of benzene rings is 1. The van der Waals surface area contributed by atoms with Crippen LogP contribution in [-0.4, -0.2) is 20.1 Å². The van der Waals surface area contributed by atoms with Crippen molar-refractivity contribution < 1.29 is 13.5 Å². The third-order valence-corrected chi connectivity index (χ3v) is 2.36. The Morgan fingerprint density at radius 2 is 2.20 bits per heavy atom. The van der Waals surface area contributed by atoms with Gasteiger partial charge in [-0.25, -0.2) is 8.78 Å². The van der Waals surface area contributed by atoms with Crippen molar-refractivity contribution in [3.8, 4) is 5.75 Å². The molecule has 0 spiro atoms. The normalized spacial score (nSPS) is 10.7. The maximum atomic E-state index is 11.9. The molecule has 0 aliphatic carbocycles. The smallest absolute Gasteiger partial charge is 0.272 e. The molecule has 0 aromatic heterocycles. The Bertz CT molecular complexity index is 320. The van der Waals surface area contributed by atoms with E-state index < -0.39 is 13.0 Å². The molecule has 0 heterocycles. The summed E-state index contributed by atoms with van der Waals surface area (Å²) in [6.07, 6.45) is -2.45. The van der Waals surface area contributed by atoms with Gasteiger partial charge in [-0.1, -0.05) is 6.07 Å². The fourth-order valence-corrected chi connectivity index (χ4v) is 1.67. The van der Waals surface area contributed by atoms with Crippen LogP contribution in [0.1, 0.15) is 5.56 Å². The Morgan fingerprint density at radius 3 is 2.73 bits per heavy atom. The molecule has 1 aromatic rings. The second-order valence-corrected chi connectivity index (χ2v) is 3.85. The highest BCUT2D eigenvalue weighted by Crippen LogP contribution is 2.26. The summed E-state index contributed by atoms with van der Waals surface area (Å²) in [6.45, 7) is 0.150. The highest BCUT2D eigenvalue weighted by atomic mass is 79.9. The first-order valence-corrected chi connectivity index (χ1v) is 5.26. The van der Waals surface area contributed by atoms with Crippen molar-refractivity contribution in [1.29, 1.82) is 0 Å². The van der Waals surface area contributed by atoms with Gasteiger partial charge in [-0.3, -0.25) is 0 Å². The summed E-state index contributed by atoms with van der Waals surface area (Å²) in [7, 11) is 1.84. The van der Waals surface area contributed by atoms with Crippen LogP contribution in [0.3, 0.4) is 0 Å². The van der Waals surface area contributed by atoms with Crippen LogP contribution < -0.4 is 10.1 Å². The van der Waals surface area contributed by atoms with Crippen LogP contribution in [-0.2, 0) is 6.54 Å². The Kier molecular flexibility index (Phi) is 4.98. The van der Waals surface area contributed by atoms with Gasteiger partial charge in [0, 0.05) is 6.54 Å². The summed E-state index contributed by atoms with van der Waals surface area (Å²) in [6, 6.07) is 5.36. The summed E-state index contributed by atoms with van der Waals surface area (Å²) >= 11 is 3.27. The lowest BCUT2D eigenvalue weighted by Crippen LogP contribution is -2.08. The van der Waals surface area contributed by atoms with Crippen LogP contribution in [0.25, 0.3) is 0 Å². The number of hydrogen-bond acceptors (Lipinski definition) is 2. The number of nitrogens with one attached hydrogen (secondary N) is 1. The van der Waals surface area contributed by atoms with E-state index in [9.17, 15) is 8.78 Å². The van der Waals surface area contributed by atoms with Crippen LogP contribution >= 0.6 is 15.9 Å². The van der Waals surface area contributed by atoms with Crippen molar-refractivity contribution in [3.05, 3.63) is 28.2 Å². The van der Waals surface area contributed by atoms with Crippen molar-refractivity contribution >= 4 is 15.9 Å². The van der Waals surface area contributed by atoms with Crippen molar-refractivity contribution in [2.75, 3.05) is 13.7 Å². The molecule has 1 N–H and O–H groups in total. The second-order valence-electron chi connectivity index (χ2n) is 3.00. The zero-order valence-corrected chi connectivity index (χ0v) is 9.85. The summed E-state index contributed by atoms with van der Waals surface area (Å²) in [5.74, 6) is 0.440. The van der Waals surface area contributed by atoms with Gasteiger partial charge in [-0.2, -0.15) is 0 Å². The molecule has 84 valence electrons. The summed E-state index contributed by atoms with van der Waals surface area (Å²) in [4.78, 5) is 0. The largest absolute Gasteiger partial charge is 0.486 e. The lowest BCUT2D eigenvalue weighted by atomic mass is 10.2. The van der Waals surface area contributed by atoms with Crippen LogP contribution in [0, 0.1) is 0 Å². The van der Waals surface area contributed by atoms with Gasteiger partial charge >= 0.3 is 0 Å². The predicted molar refractivity (Wildman–Crippen MR) is 58.4 cm³/mol. The Labute approximate surface area is 95.8 Å². The molecule has 5 heteroatoms. The lowest BCUT2D eigenvalue weighted by molar-refractivity contribution is 0.0815. The van der Waals surface area contributed by atoms with Gasteiger partial charge in [0.25, 0.3) is 6.43 Å². The fraction of sp³-hybridized carbons (Fsp3) is 0.400. The van der Waals surface area contributed by atoms with E-state index in [2.05, 4.69) is 21.2 Å². The summed E-state index contributed by atoms with van der Waals surface area (Å²) in [5, 5.41) is 3.00. The molecular formula is C10H12BrF2NO. The third kappa shape index (κ3) is 4.13. The van der Waals surface area contributed by atoms with Gasteiger partial charge in [0.15, 0.2) is 0 Å². The van der Waals surface area contributed by atoms with Crippen molar-refractivity contribution in [3.63, 3.8) is 0 Å². The first-order chi connectivity index (χ1) is 7.13. The maximum absolute atomic E-state index is 11.9. The summed E-state index contributed by atoms with van der Waals surface area (Å²) in [5.41, 5.74) is 1.06. The van der Waals surface area contributed by atoms with E-state index in [0.717, 1.165) is 12.1 Å². The van der Waals surface area contributed by atoms with Gasteiger partial charge in [0.2, 0.25) is 0 Å². The molecule has 0 atom stereocenters. The number of alkyl halides is 2. The van der Waals surface area contributed by atoms with E-state index in [4.69, 9.17) is 4.74 Å². The van der Waals surface area contributed by atoms with Crippen LogP contribution in [0.5, 0.6) is 5.75 Å². The van der Waals surface area contributed by atoms with Crippen molar-refractivity contribution in [2.45, 2.75) is 13.0 Å². The number of halogens is 3. The quantitative estimate of drug-likeness (QED) is 0.895. The topological polar surface area (TPSA) is 21.3 Å². The Hall–Kier alpha value is -0.680. The first kappa shape index (κ1) is 12.4. The first-order valence-electron chi connectivity index (χ1n) is 4.47. The number of ether oxygens (including phenoxy) is 1. The Balaban J connectivity index is 2.66. The van der Waals surface area contributed by atoms with E-state index >= 15 is 0 Å². The van der Waals surface area contributed by atoms with Gasteiger partial charge in [0.05, 0.1) is 4.47 Å². The van der Waals surface area contributed by atoms with E-state index in [1.807, 2.05) is 19.2 Å². The minimum absolute atomic E-state index is 0.440. The molecule has 15 heavy (non-hydrogen) atoms. The van der Waals surface area contributed by atoms with Gasteiger partial charge in [0.1, 0.15) is 12.4 Å². The molecule has 0 radical (unpaired) electrons. The standard InChI is InChI=1S/C10H12BrF2NO/c1-14-5-7-2-3-9(8(11)4-7)15-6-10(12)13/h2-4,10,14H,5-6H2,1H3. The molecule has 0 bridgehead atoms. The van der Waals surface area contributed by atoms with Crippen molar-refractivity contribution in [1.82, 2.24) is 5.32 Å². The van der Waals surface area contributed by atoms with E-state index in [-0.39, 0.29) is 0 Å². The molecular weight excluding hydrogens is 268 g/mol. The maximum Gasteiger partial charge on any atom is 0.272 e. The molecule has 0 aliphatic heterocycles. The molecule has 0 aliphatic rings. The third-order valence-electron chi connectivity index (χ3n) is 1.74. The van der Waals surface area contributed by atoms with Gasteiger partial charge < -0.3 is 10.1 Å². The van der Waals surface area contributed by atoms with Crippen LogP contribution in [0.4, 0.5) is 8.78 Å². The predicted octanol–water partition coefficient (Wildman–Crippen LogP) is 2.81. The lowest BCUT2D eigenvalue weighted by Gasteiger charge is -2.09. The fourth-order valence-electron chi connectivity index (χ4n) is 1.13. The monoisotopic (exact) mass is 279 g/mol. The van der Waals surface area contributed by atoms with Gasteiger partial charge in [-0.15, -0.1) is 0 Å². The molecule has 0 unspecified atom stereocenters. The second kappa shape index (κ2) is 6.02. The molecule has 2 nitrogen and oxygen atoms in total. The van der Waals surface area contributed by atoms with Gasteiger partial charge in [-0.05, 0) is 40.7 Å². The number of rotatable bonds is 5. The van der Waals surface area contributed by atoms with E-state index in [1.54, 1.807) is 6.07 Å². The molecule has 1 rings (SSSR count). The molecule has 0 fully saturated rings. The highest BCUT2D eigenvalue weighted by Gasteiger charge is 2.06. The SMILES string of the molecule is CNCc1ccc(OCC(F)F)c(Br)c1. The summed E-state index contributed by atoms with van der Waals surface area (Å²) < 4.78 is 29.4. The molecule has 0 saturated heterocycles. The van der Waals surface area contributed by atoms with E-state index in [1.165, 1.54) is 0 Å². The highest BCUT2D eigenvalue weighted by molar-refractivity contribution is 9.10. The zero-order valence-electron chi connectivity index (χ0n) is 8.27. The van der Waals surface area contributed by atoms with Crippen LogP contribution in [0.2, 0.25) is 0 Å². The average molecular weight is 280 g/mol.